The topological polar surface area (TPSA) is 59.0 Å². The van der Waals surface area contributed by atoms with Crippen molar-refractivity contribution in [1.29, 1.82) is 0 Å². The van der Waals surface area contributed by atoms with Crippen LogP contribution in [0.25, 0.3) is 0 Å². The number of isocyanates is 1. The Morgan fingerprint density at radius 1 is 1.53 bits per heavy atom. The molecule has 19 heavy (non-hydrogen) atoms. The van der Waals surface area contributed by atoms with Crippen LogP contribution in [-0.2, 0) is 21.0 Å². The Morgan fingerprint density at radius 2 is 2.26 bits per heavy atom. The van der Waals surface area contributed by atoms with Crippen molar-refractivity contribution in [2.75, 3.05) is 6.61 Å². The van der Waals surface area contributed by atoms with Crippen LogP contribution >= 0.6 is 11.6 Å². The van der Waals surface area contributed by atoms with Gasteiger partial charge in [-0.2, -0.15) is 4.99 Å². The fourth-order valence-corrected chi connectivity index (χ4v) is 1.99. The van der Waals surface area contributed by atoms with Crippen LogP contribution in [0, 0.1) is 5.41 Å². The Kier molecular flexibility index (Phi) is 3.71. The lowest BCUT2D eigenvalue weighted by Crippen LogP contribution is -2.30. The van der Waals surface area contributed by atoms with E-state index in [1.54, 1.807) is 18.2 Å². The molecule has 2 rings (SSSR count). The summed E-state index contributed by atoms with van der Waals surface area (Å²) < 4.78 is 0. The van der Waals surface area contributed by atoms with E-state index in [9.17, 15) is 9.59 Å². The largest absolute Gasteiger partial charge is 0.272 e. The van der Waals surface area contributed by atoms with Gasteiger partial charge in [0.2, 0.25) is 6.08 Å². The molecule has 0 bridgehead atoms. The first kappa shape index (κ1) is 13.7. The minimum absolute atomic E-state index is 0.0708. The molecule has 0 radical (unpaired) electrons. The van der Waals surface area contributed by atoms with Crippen LogP contribution in [0.2, 0.25) is 5.02 Å². The van der Waals surface area contributed by atoms with Crippen LogP contribution < -0.4 is 0 Å². The molecule has 0 N–H and O–H groups in total. The van der Waals surface area contributed by atoms with Crippen LogP contribution in [0.5, 0.6) is 0 Å². The van der Waals surface area contributed by atoms with Crippen molar-refractivity contribution in [3.8, 4) is 0 Å². The lowest BCUT2D eigenvalue weighted by molar-refractivity contribution is -0.165. The van der Waals surface area contributed by atoms with Crippen molar-refractivity contribution in [1.82, 2.24) is 5.06 Å². The third-order valence-corrected chi connectivity index (χ3v) is 3.26. The van der Waals surface area contributed by atoms with Crippen LogP contribution in [0.1, 0.15) is 19.4 Å². The van der Waals surface area contributed by atoms with E-state index in [1.807, 2.05) is 13.8 Å². The second-order valence-electron chi connectivity index (χ2n) is 4.98. The zero-order valence-corrected chi connectivity index (χ0v) is 11.4. The van der Waals surface area contributed by atoms with Gasteiger partial charge < -0.3 is 0 Å². The van der Waals surface area contributed by atoms with Crippen molar-refractivity contribution in [2.45, 2.75) is 20.4 Å². The van der Waals surface area contributed by atoms with Crippen molar-refractivity contribution in [2.24, 2.45) is 10.4 Å². The monoisotopic (exact) mass is 280 g/mol. The predicted molar refractivity (Wildman–Crippen MR) is 69.5 cm³/mol. The molecule has 0 aliphatic carbocycles. The molecular formula is C13H13ClN2O3. The maximum absolute atomic E-state index is 12.0. The number of benzene rings is 1. The molecule has 1 saturated heterocycles. The number of hydrogen-bond acceptors (Lipinski definition) is 4. The minimum Gasteiger partial charge on any atom is -0.272 e. The van der Waals surface area contributed by atoms with Gasteiger partial charge in [-0.15, -0.1) is 0 Å². The van der Waals surface area contributed by atoms with Gasteiger partial charge in [-0.05, 0) is 31.5 Å². The smallest absolute Gasteiger partial charge is 0.254 e. The first-order valence-corrected chi connectivity index (χ1v) is 6.13. The van der Waals surface area contributed by atoms with Crippen LogP contribution in [-0.4, -0.2) is 23.7 Å². The van der Waals surface area contributed by atoms with Gasteiger partial charge in [0.05, 0.1) is 24.3 Å². The Hall–Kier alpha value is -1.68. The molecule has 1 heterocycles. The van der Waals surface area contributed by atoms with E-state index < -0.39 is 5.41 Å². The molecule has 1 amide bonds. The van der Waals surface area contributed by atoms with E-state index in [0.717, 1.165) is 5.56 Å². The maximum atomic E-state index is 12.0. The number of halogens is 1. The summed E-state index contributed by atoms with van der Waals surface area (Å²) in [4.78, 5) is 31.0. The zero-order chi connectivity index (χ0) is 14.0. The summed E-state index contributed by atoms with van der Waals surface area (Å²) >= 11 is 6.08. The summed E-state index contributed by atoms with van der Waals surface area (Å²) in [5.41, 5.74) is 0.657. The van der Waals surface area contributed by atoms with Gasteiger partial charge in [-0.1, -0.05) is 17.7 Å². The molecule has 6 heteroatoms. The summed E-state index contributed by atoms with van der Waals surface area (Å²) in [5.74, 6) is -0.0708. The van der Waals surface area contributed by atoms with Crippen molar-refractivity contribution >= 4 is 29.3 Å². The average Bonchev–Trinajstić information content (AvgIpc) is 2.60. The molecule has 0 atom stereocenters. The standard InChI is InChI=1S/C13H13ClN2O3/c1-13(2)7-19-16(12(13)18)6-9-3-4-10(15-8-17)5-11(9)14/h3-5H,6-7H2,1-2H3. The zero-order valence-electron chi connectivity index (χ0n) is 10.6. The number of rotatable bonds is 3. The molecule has 0 spiro atoms. The molecule has 5 nitrogen and oxygen atoms in total. The first-order chi connectivity index (χ1) is 8.94. The Bertz CT molecular complexity index is 565. The van der Waals surface area contributed by atoms with Gasteiger partial charge in [0.1, 0.15) is 0 Å². The number of amides is 1. The fourth-order valence-electron chi connectivity index (χ4n) is 1.76. The second-order valence-corrected chi connectivity index (χ2v) is 5.39. The quantitative estimate of drug-likeness (QED) is 0.632. The predicted octanol–water partition coefficient (Wildman–Crippen LogP) is 2.61. The lowest BCUT2D eigenvalue weighted by atomic mass is 9.95. The summed E-state index contributed by atoms with van der Waals surface area (Å²) in [6.07, 6.45) is 1.45. The van der Waals surface area contributed by atoms with E-state index in [4.69, 9.17) is 16.4 Å². The fraction of sp³-hybridized carbons (Fsp3) is 0.385. The van der Waals surface area contributed by atoms with E-state index in [2.05, 4.69) is 4.99 Å². The molecule has 0 aromatic heterocycles. The molecule has 1 aliphatic heterocycles. The van der Waals surface area contributed by atoms with Crippen LogP contribution in [0.3, 0.4) is 0 Å². The highest BCUT2D eigenvalue weighted by Crippen LogP contribution is 2.30. The molecule has 1 fully saturated rings. The summed E-state index contributed by atoms with van der Waals surface area (Å²) in [6, 6.07) is 4.89. The van der Waals surface area contributed by atoms with Crippen molar-refractivity contribution in [3.63, 3.8) is 0 Å². The molecule has 1 aromatic rings. The third kappa shape index (κ3) is 2.84. The normalized spacial score (nSPS) is 17.4. The van der Waals surface area contributed by atoms with Gasteiger partial charge in [-0.25, -0.2) is 9.86 Å². The highest BCUT2D eigenvalue weighted by molar-refractivity contribution is 6.31. The Balaban J connectivity index is 2.17. The molecule has 0 unspecified atom stereocenters. The number of carbonyl (C=O) groups is 1. The summed E-state index contributed by atoms with van der Waals surface area (Å²) in [7, 11) is 0. The molecular weight excluding hydrogens is 268 g/mol. The average molecular weight is 281 g/mol. The van der Waals surface area contributed by atoms with E-state index in [0.29, 0.717) is 17.3 Å². The van der Waals surface area contributed by atoms with E-state index >= 15 is 0 Å². The molecule has 100 valence electrons. The van der Waals surface area contributed by atoms with Crippen molar-refractivity contribution < 1.29 is 14.4 Å². The van der Waals surface area contributed by atoms with Gasteiger partial charge >= 0.3 is 0 Å². The van der Waals surface area contributed by atoms with Gasteiger partial charge in [0.15, 0.2) is 0 Å². The SMILES string of the molecule is CC1(C)CON(Cc2ccc(N=C=O)cc2Cl)C1=O. The number of carbonyl (C=O) groups excluding carboxylic acids is 2. The van der Waals surface area contributed by atoms with Gasteiger partial charge in [-0.3, -0.25) is 9.63 Å². The maximum Gasteiger partial charge on any atom is 0.254 e. The number of hydrogen-bond donors (Lipinski definition) is 0. The Labute approximate surface area is 115 Å². The highest BCUT2D eigenvalue weighted by Gasteiger charge is 2.40. The van der Waals surface area contributed by atoms with Gasteiger partial charge in [0, 0.05) is 5.02 Å². The third-order valence-electron chi connectivity index (χ3n) is 2.91. The highest BCUT2D eigenvalue weighted by atomic mass is 35.5. The van der Waals surface area contributed by atoms with Crippen LogP contribution in [0.15, 0.2) is 23.2 Å². The molecule has 1 aromatic carbocycles. The number of nitrogens with zero attached hydrogens (tertiary/aromatic N) is 2. The second kappa shape index (κ2) is 5.13. The summed E-state index contributed by atoms with van der Waals surface area (Å²) in [6.45, 7) is 4.29. The number of aliphatic imine (C=N–C) groups is 1. The first-order valence-electron chi connectivity index (χ1n) is 5.75. The number of hydroxylamine groups is 2. The molecule has 0 saturated carbocycles. The molecule has 1 aliphatic rings. The summed E-state index contributed by atoms with van der Waals surface area (Å²) in [5, 5.41) is 1.74. The Morgan fingerprint density at radius 3 is 2.79 bits per heavy atom. The lowest BCUT2D eigenvalue weighted by Gasteiger charge is -2.17. The minimum atomic E-state index is -0.506. The van der Waals surface area contributed by atoms with E-state index in [-0.39, 0.29) is 12.5 Å². The van der Waals surface area contributed by atoms with E-state index in [1.165, 1.54) is 11.1 Å². The van der Waals surface area contributed by atoms with Crippen LogP contribution in [0.4, 0.5) is 5.69 Å². The van der Waals surface area contributed by atoms with Crippen molar-refractivity contribution in [3.05, 3.63) is 28.8 Å². The van der Waals surface area contributed by atoms with Gasteiger partial charge in [0.25, 0.3) is 5.91 Å².